The van der Waals surface area contributed by atoms with Crippen molar-refractivity contribution in [3.8, 4) is 0 Å². The minimum atomic E-state index is -0.329. The fourth-order valence-corrected chi connectivity index (χ4v) is 2.67. The van der Waals surface area contributed by atoms with E-state index in [-0.39, 0.29) is 25.3 Å². The molecular formula is C16H17NO3. The molecule has 0 radical (unpaired) electrons. The number of benzene rings is 2. The first-order valence-corrected chi connectivity index (χ1v) is 6.80. The number of fused-ring (bicyclic) bond motifs is 1. The molecule has 1 aliphatic rings. The van der Waals surface area contributed by atoms with Gasteiger partial charge in [-0.2, -0.15) is 0 Å². The van der Waals surface area contributed by atoms with Crippen LogP contribution < -0.4 is 0 Å². The molecule has 0 aliphatic carbocycles. The normalized spacial score (nSPS) is 18.6. The summed E-state index contributed by atoms with van der Waals surface area (Å²) in [5, 5.41) is 11.7. The van der Waals surface area contributed by atoms with Crippen LogP contribution in [-0.2, 0) is 11.2 Å². The van der Waals surface area contributed by atoms with Crippen LogP contribution in [-0.4, -0.2) is 41.9 Å². The Balaban J connectivity index is 1.78. The highest BCUT2D eigenvalue weighted by Crippen LogP contribution is 2.20. The summed E-state index contributed by atoms with van der Waals surface area (Å²) in [7, 11) is 0. The summed E-state index contributed by atoms with van der Waals surface area (Å²) in [6.07, 6.45) is 0.428. The Morgan fingerprint density at radius 1 is 1.20 bits per heavy atom. The molecule has 0 unspecified atom stereocenters. The average molecular weight is 271 g/mol. The maximum Gasteiger partial charge on any atom is 0.410 e. The van der Waals surface area contributed by atoms with Gasteiger partial charge in [-0.1, -0.05) is 42.5 Å². The van der Waals surface area contributed by atoms with E-state index in [1.165, 1.54) is 16.3 Å². The zero-order chi connectivity index (χ0) is 13.9. The Morgan fingerprint density at radius 2 is 2.00 bits per heavy atom. The van der Waals surface area contributed by atoms with E-state index in [1.54, 1.807) is 4.90 Å². The van der Waals surface area contributed by atoms with Crippen molar-refractivity contribution in [3.63, 3.8) is 0 Å². The van der Waals surface area contributed by atoms with Gasteiger partial charge < -0.3 is 9.84 Å². The first-order chi connectivity index (χ1) is 9.79. The zero-order valence-electron chi connectivity index (χ0n) is 11.2. The molecule has 1 fully saturated rings. The van der Waals surface area contributed by atoms with E-state index in [0.717, 1.165) is 6.42 Å². The molecule has 1 N–H and O–H groups in total. The van der Waals surface area contributed by atoms with Crippen LogP contribution in [0.15, 0.2) is 42.5 Å². The Bertz CT molecular complexity index is 621. The van der Waals surface area contributed by atoms with Crippen molar-refractivity contribution in [2.75, 3.05) is 19.8 Å². The molecule has 1 aliphatic heterocycles. The van der Waals surface area contributed by atoms with E-state index in [0.29, 0.717) is 6.54 Å². The van der Waals surface area contributed by atoms with Crippen molar-refractivity contribution in [3.05, 3.63) is 48.0 Å². The summed E-state index contributed by atoms with van der Waals surface area (Å²) in [5.74, 6) is 0. The van der Waals surface area contributed by atoms with Crippen LogP contribution in [0.4, 0.5) is 4.79 Å². The van der Waals surface area contributed by atoms with Crippen LogP contribution in [0.25, 0.3) is 10.8 Å². The van der Waals surface area contributed by atoms with Gasteiger partial charge in [0.05, 0.1) is 12.6 Å². The molecule has 0 spiro atoms. The highest BCUT2D eigenvalue weighted by molar-refractivity contribution is 5.85. The van der Waals surface area contributed by atoms with Gasteiger partial charge in [-0.3, -0.25) is 4.90 Å². The second kappa shape index (κ2) is 5.51. The molecular weight excluding hydrogens is 254 g/mol. The van der Waals surface area contributed by atoms with Crippen molar-refractivity contribution in [1.29, 1.82) is 0 Å². The Morgan fingerprint density at radius 3 is 2.85 bits per heavy atom. The van der Waals surface area contributed by atoms with Gasteiger partial charge in [0.1, 0.15) is 6.61 Å². The van der Waals surface area contributed by atoms with E-state index in [4.69, 9.17) is 4.74 Å². The van der Waals surface area contributed by atoms with Crippen molar-refractivity contribution in [2.45, 2.75) is 12.5 Å². The molecule has 2 aromatic rings. The standard InChI is InChI=1S/C16H17NO3/c18-10-14-11-20-16(19)17(14)9-8-13-6-3-5-12-4-1-2-7-15(12)13/h1-7,14,18H,8-11H2/t14-/m1/s1. The minimum absolute atomic E-state index is 0.0543. The number of rotatable bonds is 4. The van der Waals surface area contributed by atoms with Crippen molar-refractivity contribution >= 4 is 16.9 Å². The maximum absolute atomic E-state index is 11.6. The first kappa shape index (κ1) is 12.9. The molecule has 3 rings (SSSR count). The van der Waals surface area contributed by atoms with Crippen LogP contribution >= 0.6 is 0 Å². The van der Waals surface area contributed by atoms with Crippen LogP contribution in [0.3, 0.4) is 0 Å². The predicted molar refractivity (Wildman–Crippen MR) is 76.6 cm³/mol. The number of hydrogen-bond acceptors (Lipinski definition) is 3. The Labute approximate surface area is 117 Å². The molecule has 1 atom stereocenters. The summed E-state index contributed by atoms with van der Waals surface area (Å²) in [6.45, 7) is 0.796. The Hall–Kier alpha value is -2.07. The number of carbonyl (C=O) groups excluding carboxylic acids is 1. The number of cyclic esters (lactones) is 1. The van der Waals surface area contributed by atoms with Gasteiger partial charge in [0, 0.05) is 6.54 Å². The number of carbonyl (C=O) groups is 1. The quantitative estimate of drug-likeness (QED) is 0.927. The second-order valence-electron chi connectivity index (χ2n) is 4.99. The predicted octanol–water partition coefficient (Wildman–Crippen LogP) is 2.20. The number of aliphatic hydroxyl groups excluding tert-OH is 1. The van der Waals surface area contributed by atoms with Crippen molar-refractivity contribution < 1.29 is 14.6 Å². The molecule has 4 nitrogen and oxygen atoms in total. The van der Waals surface area contributed by atoms with Gasteiger partial charge in [0.2, 0.25) is 0 Å². The highest BCUT2D eigenvalue weighted by Gasteiger charge is 2.31. The van der Waals surface area contributed by atoms with Gasteiger partial charge in [-0.05, 0) is 22.8 Å². The van der Waals surface area contributed by atoms with Crippen LogP contribution in [0.5, 0.6) is 0 Å². The minimum Gasteiger partial charge on any atom is -0.447 e. The number of hydrogen-bond donors (Lipinski definition) is 1. The maximum atomic E-state index is 11.6. The monoisotopic (exact) mass is 271 g/mol. The van der Waals surface area contributed by atoms with Crippen molar-refractivity contribution in [2.24, 2.45) is 0 Å². The third-order valence-electron chi connectivity index (χ3n) is 3.79. The largest absolute Gasteiger partial charge is 0.447 e. The average Bonchev–Trinajstić information content (AvgIpc) is 2.85. The van der Waals surface area contributed by atoms with E-state index in [1.807, 2.05) is 18.2 Å². The molecule has 1 heterocycles. The molecule has 0 saturated carbocycles. The SMILES string of the molecule is O=C1OC[C@@H](CO)N1CCc1cccc2ccccc12. The summed E-state index contributed by atoms with van der Waals surface area (Å²) < 4.78 is 4.97. The molecule has 1 amide bonds. The van der Waals surface area contributed by atoms with Gasteiger partial charge in [-0.25, -0.2) is 4.79 Å². The zero-order valence-corrected chi connectivity index (χ0v) is 11.2. The lowest BCUT2D eigenvalue weighted by Crippen LogP contribution is -2.37. The molecule has 0 bridgehead atoms. The summed E-state index contributed by atoms with van der Waals surface area (Å²) in [6, 6.07) is 14.2. The number of nitrogens with zero attached hydrogens (tertiary/aromatic N) is 1. The molecule has 20 heavy (non-hydrogen) atoms. The lowest BCUT2D eigenvalue weighted by atomic mass is 10.0. The van der Waals surface area contributed by atoms with Crippen LogP contribution in [0, 0.1) is 0 Å². The van der Waals surface area contributed by atoms with Gasteiger partial charge >= 0.3 is 6.09 Å². The van der Waals surface area contributed by atoms with E-state index in [2.05, 4.69) is 24.3 Å². The number of amides is 1. The van der Waals surface area contributed by atoms with Gasteiger partial charge in [0.25, 0.3) is 0 Å². The molecule has 1 saturated heterocycles. The molecule has 104 valence electrons. The molecule has 2 aromatic carbocycles. The summed E-state index contributed by atoms with van der Waals surface area (Å²) >= 11 is 0. The fraction of sp³-hybridized carbons (Fsp3) is 0.312. The highest BCUT2D eigenvalue weighted by atomic mass is 16.6. The smallest absolute Gasteiger partial charge is 0.410 e. The molecule has 0 aromatic heterocycles. The topological polar surface area (TPSA) is 49.8 Å². The lowest BCUT2D eigenvalue weighted by molar-refractivity contribution is 0.154. The van der Waals surface area contributed by atoms with Crippen LogP contribution in [0.1, 0.15) is 5.56 Å². The fourth-order valence-electron chi connectivity index (χ4n) is 2.67. The van der Waals surface area contributed by atoms with Gasteiger partial charge in [0.15, 0.2) is 0 Å². The van der Waals surface area contributed by atoms with Crippen molar-refractivity contribution in [1.82, 2.24) is 4.90 Å². The van der Waals surface area contributed by atoms with E-state index >= 15 is 0 Å². The van der Waals surface area contributed by atoms with Crippen LogP contribution in [0.2, 0.25) is 0 Å². The second-order valence-corrected chi connectivity index (χ2v) is 4.99. The molecule has 4 heteroatoms. The summed E-state index contributed by atoms with van der Waals surface area (Å²) in [4.78, 5) is 13.2. The Kier molecular flexibility index (Phi) is 3.56. The first-order valence-electron chi connectivity index (χ1n) is 6.80. The number of aliphatic hydroxyl groups is 1. The third kappa shape index (κ3) is 2.34. The number of ether oxygens (including phenoxy) is 1. The van der Waals surface area contributed by atoms with E-state index < -0.39 is 0 Å². The third-order valence-corrected chi connectivity index (χ3v) is 3.79. The van der Waals surface area contributed by atoms with E-state index in [9.17, 15) is 9.90 Å². The summed E-state index contributed by atoms with van der Waals surface area (Å²) in [5.41, 5.74) is 1.21. The lowest BCUT2D eigenvalue weighted by Gasteiger charge is -2.19. The van der Waals surface area contributed by atoms with Gasteiger partial charge in [-0.15, -0.1) is 0 Å².